The monoisotopic (exact) mass is 589 g/mol. The van der Waals surface area contributed by atoms with Gasteiger partial charge in [-0.1, -0.05) is 37.3 Å². The number of amides is 3. The number of aromatic nitrogens is 1. The van der Waals surface area contributed by atoms with Crippen LogP contribution in [-0.4, -0.2) is 83.6 Å². The minimum Gasteiger partial charge on any atom is -0.488 e. The van der Waals surface area contributed by atoms with Gasteiger partial charge in [-0.25, -0.2) is 4.79 Å². The van der Waals surface area contributed by atoms with Crippen molar-refractivity contribution in [2.45, 2.75) is 52.1 Å². The number of rotatable bonds is 6. The summed E-state index contributed by atoms with van der Waals surface area (Å²) in [7, 11) is 3.36. The molecule has 1 aromatic heterocycles. The van der Waals surface area contributed by atoms with Crippen LogP contribution >= 0.6 is 0 Å². The highest BCUT2D eigenvalue weighted by Crippen LogP contribution is 2.29. The maximum Gasteiger partial charge on any atom is 0.319 e. The first kappa shape index (κ1) is 31.9. The third-order valence-electron chi connectivity index (χ3n) is 7.64. The van der Waals surface area contributed by atoms with Crippen LogP contribution in [0.4, 0.5) is 10.5 Å². The van der Waals surface area contributed by atoms with E-state index in [4.69, 9.17) is 9.47 Å². The van der Waals surface area contributed by atoms with Gasteiger partial charge in [-0.15, -0.1) is 0 Å². The summed E-state index contributed by atoms with van der Waals surface area (Å²) >= 11 is 0. The molecule has 230 valence electrons. The van der Waals surface area contributed by atoms with Crippen molar-refractivity contribution in [3.63, 3.8) is 0 Å². The van der Waals surface area contributed by atoms with E-state index < -0.39 is 5.72 Å². The molecular weight excluding hydrogens is 546 g/mol. The molecule has 10 nitrogen and oxygen atoms in total. The number of nitrogens with zero attached hydrogens (tertiary/aromatic N) is 3. The van der Waals surface area contributed by atoms with E-state index in [1.807, 2.05) is 37.1 Å². The van der Waals surface area contributed by atoms with Crippen molar-refractivity contribution in [3.8, 4) is 16.9 Å². The van der Waals surface area contributed by atoms with E-state index in [1.165, 1.54) is 0 Å². The number of methoxy groups -OCH3 is 1. The Balaban J connectivity index is 1.62. The Labute approximate surface area is 254 Å². The van der Waals surface area contributed by atoms with E-state index in [-0.39, 0.29) is 42.2 Å². The van der Waals surface area contributed by atoms with E-state index in [0.29, 0.717) is 31.1 Å². The van der Waals surface area contributed by atoms with E-state index in [9.17, 15) is 14.7 Å². The number of ether oxygens (including phenoxy) is 2. The van der Waals surface area contributed by atoms with Crippen LogP contribution in [0, 0.1) is 5.92 Å². The first-order valence-electron chi connectivity index (χ1n) is 14.6. The number of hydrogen-bond donors (Lipinski definition) is 3. The van der Waals surface area contributed by atoms with E-state index in [0.717, 1.165) is 16.7 Å². The topological polar surface area (TPSA) is 116 Å². The largest absolute Gasteiger partial charge is 0.488 e. The minimum atomic E-state index is -1.38. The predicted octanol–water partition coefficient (Wildman–Crippen LogP) is 4.60. The molecule has 3 N–H and O–H groups in total. The molecule has 2 heterocycles. The summed E-state index contributed by atoms with van der Waals surface area (Å²) in [6.45, 7) is 8.72. The van der Waals surface area contributed by atoms with Crippen molar-refractivity contribution in [2.75, 3.05) is 39.2 Å². The van der Waals surface area contributed by atoms with Crippen molar-refractivity contribution < 1.29 is 24.2 Å². The summed E-state index contributed by atoms with van der Waals surface area (Å²) in [5.74, 6) is 0.00581. The fraction of sp³-hybridized carbons (Fsp3) is 0.424. The molecule has 43 heavy (non-hydrogen) atoms. The summed E-state index contributed by atoms with van der Waals surface area (Å²) in [6.07, 6.45) is 3.29. The zero-order valence-electron chi connectivity index (χ0n) is 25.8. The van der Waals surface area contributed by atoms with Gasteiger partial charge in [0.1, 0.15) is 18.1 Å². The second-order valence-electron chi connectivity index (χ2n) is 11.7. The van der Waals surface area contributed by atoms with Crippen LogP contribution in [0.3, 0.4) is 0 Å². The molecule has 3 aromatic rings. The molecule has 3 atom stereocenters. The lowest BCUT2D eigenvalue weighted by atomic mass is 9.99. The van der Waals surface area contributed by atoms with Crippen molar-refractivity contribution in [1.82, 2.24) is 20.1 Å². The Bertz CT molecular complexity index is 1380. The van der Waals surface area contributed by atoms with E-state index >= 15 is 0 Å². The summed E-state index contributed by atoms with van der Waals surface area (Å²) < 4.78 is 12.0. The van der Waals surface area contributed by atoms with Crippen LogP contribution < -0.4 is 15.4 Å². The number of urea groups is 1. The molecule has 4 rings (SSSR count). The van der Waals surface area contributed by atoms with Gasteiger partial charge in [-0.3, -0.25) is 14.7 Å². The summed E-state index contributed by atoms with van der Waals surface area (Å²) in [6, 6.07) is 16.7. The third-order valence-corrected chi connectivity index (χ3v) is 7.64. The predicted molar refractivity (Wildman–Crippen MR) is 167 cm³/mol. The molecular formula is C33H43N5O5. The quantitative estimate of drug-likeness (QED) is 0.385. The molecule has 3 amide bonds. The molecule has 1 unspecified atom stereocenters. The van der Waals surface area contributed by atoms with E-state index in [1.54, 1.807) is 50.4 Å². The number of carbonyl (C=O) groups excluding carboxylic acids is 2. The third kappa shape index (κ3) is 8.31. The SMILES string of the molecule is COC1CN(C)C(=O)c2cc(NC(=O)NC(C)C)ccc2OC[C@](C)(O)N(Cc2ccc(-c3cccnc3)cc2)C[C@@H]1C. The highest BCUT2D eigenvalue weighted by Gasteiger charge is 2.35. The van der Waals surface area contributed by atoms with Gasteiger partial charge in [0.15, 0.2) is 0 Å². The van der Waals surface area contributed by atoms with Gasteiger partial charge in [0.25, 0.3) is 5.91 Å². The molecule has 10 heteroatoms. The lowest BCUT2D eigenvalue weighted by Gasteiger charge is -2.40. The number of carbonyl (C=O) groups is 2. The van der Waals surface area contributed by atoms with Crippen molar-refractivity contribution in [2.24, 2.45) is 5.92 Å². The average molecular weight is 590 g/mol. The zero-order valence-corrected chi connectivity index (χ0v) is 25.8. The van der Waals surface area contributed by atoms with Gasteiger partial charge in [-0.2, -0.15) is 0 Å². The fourth-order valence-electron chi connectivity index (χ4n) is 5.13. The number of fused-ring (bicyclic) bond motifs is 1. The lowest BCUT2D eigenvalue weighted by Crippen LogP contribution is -2.53. The number of hydrogen-bond acceptors (Lipinski definition) is 7. The molecule has 0 radical (unpaired) electrons. The van der Waals surface area contributed by atoms with E-state index in [2.05, 4.69) is 46.8 Å². The Morgan fingerprint density at radius 2 is 1.91 bits per heavy atom. The van der Waals surface area contributed by atoms with Gasteiger partial charge < -0.3 is 30.1 Å². The fourth-order valence-corrected chi connectivity index (χ4v) is 5.13. The normalized spacial score (nSPS) is 21.8. The number of anilines is 1. The van der Waals surface area contributed by atoms with Crippen LogP contribution in [0.5, 0.6) is 5.75 Å². The Morgan fingerprint density at radius 1 is 1.16 bits per heavy atom. The van der Waals surface area contributed by atoms with Crippen LogP contribution in [-0.2, 0) is 11.3 Å². The number of likely N-dealkylation sites (N-methyl/N-ethyl adjacent to an activating group) is 1. The second kappa shape index (κ2) is 14.0. The second-order valence-corrected chi connectivity index (χ2v) is 11.7. The summed E-state index contributed by atoms with van der Waals surface area (Å²) in [5.41, 5.74) is 2.48. The van der Waals surface area contributed by atoms with Gasteiger partial charge in [-0.05, 0) is 67.6 Å². The van der Waals surface area contributed by atoms with Gasteiger partial charge >= 0.3 is 6.03 Å². The Morgan fingerprint density at radius 3 is 2.56 bits per heavy atom. The molecule has 0 saturated carbocycles. The molecule has 0 saturated heterocycles. The molecule has 1 aliphatic rings. The molecule has 2 aromatic carbocycles. The summed E-state index contributed by atoms with van der Waals surface area (Å²) in [4.78, 5) is 33.7. The van der Waals surface area contributed by atoms with Crippen molar-refractivity contribution in [3.05, 3.63) is 78.1 Å². The standard InChI is InChI=1S/C33H43N5O5/c1-22(2)35-32(40)36-27-13-14-29-28(16-27)31(39)37(5)20-30(42-6)23(3)18-38(33(4,41)21-43-29)19-24-9-11-25(12-10-24)26-8-7-15-34-17-26/h7-17,22-23,30,41H,18-21H2,1-6H3,(H2,35,36,40)/t23-,30?,33-/m0/s1. The first-order valence-corrected chi connectivity index (χ1v) is 14.6. The minimum absolute atomic E-state index is 0.0342. The Hall–Kier alpha value is -3.99. The summed E-state index contributed by atoms with van der Waals surface area (Å²) in [5, 5.41) is 17.3. The highest BCUT2D eigenvalue weighted by atomic mass is 16.5. The molecule has 1 aliphatic heterocycles. The molecule has 0 bridgehead atoms. The molecule has 0 aliphatic carbocycles. The van der Waals surface area contributed by atoms with Crippen LogP contribution in [0.25, 0.3) is 11.1 Å². The van der Waals surface area contributed by atoms with Gasteiger partial charge in [0, 0.05) is 57.9 Å². The van der Waals surface area contributed by atoms with Crippen LogP contribution in [0.15, 0.2) is 67.0 Å². The van der Waals surface area contributed by atoms with Crippen LogP contribution in [0.1, 0.15) is 43.6 Å². The number of pyridine rings is 1. The van der Waals surface area contributed by atoms with Gasteiger partial charge in [0.2, 0.25) is 0 Å². The molecule has 0 fully saturated rings. The van der Waals surface area contributed by atoms with Crippen molar-refractivity contribution >= 4 is 17.6 Å². The zero-order chi connectivity index (χ0) is 31.1. The van der Waals surface area contributed by atoms with Crippen LogP contribution in [0.2, 0.25) is 0 Å². The number of nitrogens with one attached hydrogen (secondary N) is 2. The Kier molecular flexibility index (Phi) is 10.4. The number of aliphatic hydroxyl groups is 1. The van der Waals surface area contributed by atoms with Gasteiger partial charge in [0.05, 0.1) is 11.7 Å². The van der Waals surface area contributed by atoms with Crippen molar-refractivity contribution in [1.29, 1.82) is 0 Å². The lowest BCUT2D eigenvalue weighted by molar-refractivity contribution is -0.134. The molecule has 0 spiro atoms. The first-order chi connectivity index (χ1) is 20.5. The smallest absolute Gasteiger partial charge is 0.319 e. The maximum absolute atomic E-state index is 13.6. The number of benzene rings is 2. The maximum atomic E-state index is 13.6. The highest BCUT2D eigenvalue weighted by molar-refractivity contribution is 5.99. The average Bonchev–Trinajstić information content (AvgIpc) is 2.98.